The molecule has 7 nitrogen and oxygen atoms in total. The molecule has 0 aromatic heterocycles. The summed E-state index contributed by atoms with van der Waals surface area (Å²) in [6, 6.07) is 11.2. The minimum absolute atomic E-state index is 0.0363. The molecule has 0 fully saturated rings. The van der Waals surface area contributed by atoms with Crippen LogP contribution >= 0.6 is 11.6 Å². The second-order valence-electron chi connectivity index (χ2n) is 6.31. The van der Waals surface area contributed by atoms with Crippen molar-refractivity contribution in [1.29, 1.82) is 0 Å². The van der Waals surface area contributed by atoms with Gasteiger partial charge in [-0.1, -0.05) is 11.6 Å². The monoisotopic (exact) mass is 417 g/mol. The highest BCUT2D eigenvalue weighted by atomic mass is 35.5. The molecule has 0 unspecified atom stereocenters. The minimum Gasteiger partial charge on any atom is -0.490 e. The molecule has 0 aliphatic carbocycles. The molecular formula is C21H20ClNO6. The first-order valence-corrected chi connectivity index (χ1v) is 9.43. The van der Waals surface area contributed by atoms with Crippen molar-refractivity contribution in [1.82, 2.24) is 4.90 Å². The van der Waals surface area contributed by atoms with Gasteiger partial charge in [0.05, 0.1) is 16.7 Å². The van der Waals surface area contributed by atoms with Crippen molar-refractivity contribution in [3.8, 4) is 5.75 Å². The van der Waals surface area contributed by atoms with Crippen molar-refractivity contribution in [2.24, 2.45) is 0 Å². The van der Waals surface area contributed by atoms with Crippen molar-refractivity contribution >= 4 is 29.4 Å². The molecule has 2 aromatic carbocycles. The number of rotatable bonds is 9. The Kier molecular flexibility index (Phi) is 6.85. The van der Waals surface area contributed by atoms with E-state index >= 15 is 0 Å². The van der Waals surface area contributed by atoms with Crippen molar-refractivity contribution in [3.63, 3.8) is 0 Å². The third-order valence-electron chi connectivity index (χ3n) is 4.34. The number of fused-ring (bicyclic) bond motifs is 1. The summed E-state index contributed by atoms with van der Waals surface area (Å²) < 4.78 is 15.6. The molecule has 1 aliphatic rings. The summed E-state index contributed by atoms with van der Waals surface area (Å²) in [5.41, 5.74) is 0.699. The molecule has 29 heavy (non-hydrogen) atoms. The number of esters is 1. The Hall–Kier alpha value is -2.90. The van der Waals surface area contributed by atoms with Crippen LogP contribution in [0.5, 0.6) is 5.75 Å². The van der Waals surface area contributed by atoms with Crippen molar-refractivity contribution in [2.75, 3.05) is 33.5 Å². The fourth-order valence-corrected chi connectivity index (χ4v) is 3.02. The minimum atomic E-state index is -0.592. The maximum absolute atomic E-state index is 12.5. The van der Waals surface area contributed by atoms with Gasteiger partial charge in [-0.05, 0) is 48.9 Å². The Morgan fingerprint density at radius 3 is 2.41 bits per heavy atom. The lowest BCUT2D eigenvalue weighted by Crippen LogP contribution is -2.31. The van der Waals surface area contributed by atoms with E-state index in [4.69, 9.17) is 25.8 Å². The maximum Gasteiger partial charge on any atom is 0.338 e. The number of carbonyl (C=O) groups is 3. The summed E-state index contributed by atoms with van der Waals surface area (Å²) in [5, 5.41) is 0.602. The summed E-state index contributed by atoms with van der Waals surface area (Å²) in [7, 11) is 1.56. The second-order valence-corrected chi connectivity index (χ2v) is 6.74. The van der Waals surface area contributed by atoms with Gasteiger partial charge in [-0.2, -0.15) is 0 Å². The van der Waals surface area contributed by atoms with Crippen LogP contribution < -0.4 is 4.74 Å². The van der Waals surface area contributed by atoms with Gasteiger partial charge < -0.3 is 14.2 Å². The van der Waals surface area contributed by atoms with Crippen LogP contribution in [0.2, 0.25) is 5.02 Å². The van der Waals surface area contributed by atoms with Gasteiger partial charge >= 0.3 is 5.97 Å². The van der Waals surface area contributed by atoms with E-state index in [2.05, 4.69) is 0 Å². The van der Waals surface area contributed by atoms with Crippen molar-refractivity contribution < 1.29 is 28.6 Å². The van der Waals surface area contributed by atoms with Crippen LogP contribution in [0.25, 0.3) is 0 Å². The maximum atomic E-state index is 12.5. The van der Waals surface area contributed by atoms with Gasteiger partial charge in [0.15, 0.2) is 0 Å². The van der Waals surface area contributed by atoms with Crippen LogP contribution in [-0.4, -0.2) is 56.2 Å². The first-order valence-electron chi connectivity index (χ1n) is 9.06. The third kappa shape index (κ3) is 4.93. The predicted molar refractivity (Wildman–Crippen MR) is 106 cm³/mol. The van der Waals surface area contributed by atoms with E-state index < -0.39 is 11.9 Å². The molecular weight excluding hydrogens is 398 g/mol. The molecule has 0 spiro atoms. The first kappa shape index (κ1) is 20.8. The zero-order chi connectivity index (χ0) is 20.8. The molecule has 1 aliphatic heterocycles. The lowest BCUT2D eigenvalue weighted by atomic mass is 10.1. The summed E-state index contributed by atoms with van der Waals surface area (Å²) in [4.78, 5) is 38.3. The number of halogens is 1. The van der Waals surface area contributed by atoms with Crippen LogP contribution in [0.1, 0.15) is 37.5 Å². The largest absolute Gasteiger partial charge is 0.490 e. The van der Waals surface area contributed by atoms with Crippen molar-refractivity contribution in [2.45, 2.75) is 6.42 Å². The molecule has 152 valence electrons. The van der Waals surface area contributed by atoms with E-state index in [0.29, 0.717) is 23.8 Å². The van der Waals surface area contributed by atoms with Crippen LogP contribution in [0.3, 0.4) is 0 Å². The molecule has 0 N–H and O–H groups in total. The van der Waals surface area contributed by atoms with E-state index in [1.54, 1.807) is 31.4 Å². The number of benzene rings is 2. The highest BCUT2D eigenvalue weighted by molar-refractivity contribution is 6.30. The van der Waals surface area contributed by atoms with Gasteiger partial charge in [0.1, 0.15) is 19.0 Å². The number of hydrogen-bond acceptors (Lipinski definition) is 6. The van der Waals surface area contributed by atoms with E-state index in [1.807, 2.05) is 0 Å². The molecule has 1 heterocycles. The van der Waals surface area contributed by atoms with Gasteiger partial charge in [-0.15, -0.1) is 0 Å². The lowest BCUT2D eigenvalue weighted by Gasteiger charge is -2.12. The number of hydrogen-bond donors (Lipinski definition) is 0. The van der Waals surface area contributed by atoms with E-state index in [-0.39, 0.29) is 42.4 Å². The zero-order valence-electron chi connectivity index (χ0n) is 15.9. The zero-order valence-corrected chi connectivity index (χ0v) is 16.6. The summed E-state index contributed by atoms with van der Waals surface area (Å²) in [6.07, 6.45) is 0.546. The normalized spacial score (nSPS) is 12.8. The highest BCUT2D eigenvalue weighted by Crippen LogP contribution is 2.24. The predicted octanol–water partition coefficient (Wildman–Crippen LogP) is 3.21. The molecule has 0 saturated heterocycles. The van der Waals surface area contributed by atoms with Gasteiger partial charge in [0.2, 0.25) is 0 Å². The molecule has 2 aromatic rings. The van der Waals surface area contributed by atoms with Gasteiger partial charge in [0, 0.05) is 25.3 Å². The smallest absolute Gasteiger partial charge is 0.338 e. The Morgan fingerprint density at radius 1 is 0.966 bits per heavy atom. The molecule has 2 amide bonds. The SMILES string of the molecule is COCCCN1C(=O)c2ccc(C(=O)OCCOc3ccc(Cl)cc3)cc2C1=O. The Labute approximate surface area is 173 Å². The first-order chi connectivity index (χ1) is 14.0. The fourth-order valence-electron chi connectivity index (χ4n) is 2.90. The van der Waals surface area contributed by atoms with Gasteiger partial charge in [0.25, 0.3) is 11.8 Å². The molecule has 3 rings (SSSR count). The van der Waals surface area contributed by atoms with Crippen LogP contribution in [0.15, 0.2) is 42.5 Å². The van der Waals surface area contributed by atoms with E-state index in [9.17, 15) is 14.4 Å². The summed E-state index contributed by atoms with van der Waals surface area (Å²) >= 11 is 5.80. The summed E-state index contributed by atoms with van der Waals surface area (Å²) in [6.45, 7) is 0.919. The van der Waals surface area contributed by atoms with Gasteiger partial charge in [-0.25, -0.2) is 4.79 Å². The molecule has 0 bridgehead atoms. The third-order valence-corrected chi connectivity index (χ3v) is 4.59. The Morgan fingerprint density at radius 2 is 1.69 bits per heavy atom. The number of carbonyl (C=O) groups excluding carboxylic acids is 3. The highest BCUT2D eigenvalue weighted by Gasteiger charge is 2.35. The molecule has 0 saturated carbocycles. The topological polar surface area (TPSA) is 82.1 Å². The quantitative estimate of drug-likeness (QED) is 0.354. The Bertz CT molecular complexity index is 912. The fraction of sp³-hybridized carbons (Fsp3) is 0.286. The standard InChI is InChI=1S/C21H20ClNO6/c1-27-10-2-9-23-19(24)17-8-3-14(13-18(17)20(23)25)21(26)29-12-11-28-16-6-4-15(22)5-7-16/h3-8,13H,2,9-12H2,1H3. The Balaban J connectivity index is 1.55. The molecule has 0 radical (unpaired) electrons. The van der Waals surface area contributed by atoms with E-state index in [1.165, 1.54) is 23.1 Å². The van der Waals surface area contributed by atoms with Crippen molar-refractivity contribution in [3.05, 3.63) is 64.2 Å². The number of imide groups is 1. The van der Waals surface area contributed by atoms with Crippen LogP contribution in [-0.2, 0) is 9.47 Å². The molecule has 8 heteroatoms. The summed E-state index contributed by atoms with van der Waals surface area (Å²) in [5.74, 6) is -0.759. The lowest BCUT2D eigenvalue weighted by molar-refractivity contribution is 0.0450. The van der Waals surface area contributed by atoms with E-state index in [0.717, 1.165) is 0 Å². The number of amides is 2. The number of nitrogens with zero attached hydrogens (tertiary/aromatic N) is 1. The van der Waals surface area contributed by atoms with Crippen LogP contribution in [0.4, 0.5) is 0 Å². The molecule has 0 atom stereocenters. The average Bonchev–Trinajstić information content (AvgIpc) is 2.97. The second kappa shape index (κ2) is 9.54. The number of ether oxygens (including phenoxy) is 3. The van der Waals surface area contributed by atoms with Gasteiger partial charge in [-0.3, -0.25) is 14.5 Å². The van der Waals surface area contributed by atoms with Crippen LogP contribution in [0, 0.1) is 0 Å². The average molecular weight is 418 g/mol. The number of methoxy groups -OCH3 is 1.